The van der Waals surface area contributed by atoms with E-state index in [1.165, 1.54) is 24.3 Å². The van der Waals surface area contributed by atoms with Gasteiger partial charge >= 0.3 is 6.18 Å². The van der Waals surface area contributed by atoms with Crippen molar-refractivity contribution in [3.8, 4) is 28.8 Å². The van der Waals surface area contributed by atoms with Crippen molar-refractivity contribution < 1.29 is 27.5 Å². The fourth-order valence-corrected chi connectivity index (χ4v) is 4.01. The second kappa shape index (κ2) is 10.9. The molecule has 1 unspecified atom stereocenters. The summed E-state index contributed by atoms with van der Waals surface area (Å²) in [5, 5.41) is 2.37. The molecule has 0 aliphatic heterocycles. The Morgan fingerprint density at radius 2 is 1.93 bits per heavy atom. The maximum Gasteiger partial charge on any atom is 0.416 e. The molecule has 0 radical (unpaired) electrons. The first kappa shape index (κ1) is 27.9. The first-order chi connectivity index (χ1) is 19.0. The van der Waals surface area contributed by atoms with E-state index in [-0.39, 0.29) is 28.9 Å². The van der Waals surface area contributed by atoms with Gasteiger partial charge in [0.15, 0.2) is 0 Å². The minimum atomic E-state index is -4.59. The first-order valence-corrected chi connectivity index (χ1v) is 11.8. The fourth-order valence-electron chi connectivity index (χ4n) is 4.01. The lowest BCUT2D eigenvalue weighted by Crippen LogP contribution is -2.29. The lowest BCUT2D eigenvalue weighted by Gasteiger charge is -2.21. The average molecular weight is 552 g/mol. The van der Waals surface area contributed by atoms with Crippen LogP contribution in [0.25, 0.3) is 16.8 Å². The van der Waals surface area contributed by atoms with Gasteiger partial charge in [-0.3, -0.25) is 14.0 Å². The SMILES string of the molecule is CC#CC(=O)N(C)C(C)c1nc(-c2ccc(C(=O)Nc3cc(C(F)(F)F)ccn3)c(OC)c2)c2c(N)nccn12. The molecule has 1 atom stereocenters. The number of hydrogen-bond donors (Lipinski definition) is 2. The normalized spacial score (nSPS) is 11.9. The molecule has 0 saturated carbocycles. The van der Waals surface area contributed by atoms with Gasteiger partial charge in [-0.15, -0.1) is 0 Å². The Hall–Kier alpha value is -5.12. The van der Waals surface area contributed by atoms with Gasteiger partial charge in [-0.25, -0.2) is 15.0 Å². The number of nitrogens with zero attached hydrogens (tertiary/aromatic N) is 5. The zero-order valence-corrected chi connectivity index (χ0v) is 21.9. The highest BCUT2D eigenvalue weighted by Crippen LogP contribution is 2.35. The number of fused-ring (bicyclic) bond motifs is 1. The number of halogens is 3. The van der Waals surface area contributed by atoms with Gasteiger partial charge < -0.3 is 20.7 Å². The van der Waals surface area contributed by atoms with Crippen molar-refractivity contribution >= 4 is 29.0 Å². The molecule has 0 fully saturated rings. The van der Waals surface area contributed by atoms with E-state index >= 15 is 0 Å². The van der Waals surface area contributed by atoms with Crippen molar-refractivity contribution in [3.05, 3.63) is 65.9 Å². The van der Waals surface area contributed by atoms with E-state index in [1.807, 2.05) is 0 Å². The summed E-state index contributed by atoms with van der Waals surface area (Å²) in [6.07, 6.45) is -0.459. The Morgan fingerprint density at radius 1 is 1.18 bits per heavy atom. The van der Waals surface area contributed by atoms with E-state index in [1.54, 1.807) is 43.6 Å². The van der Waals surface area contributed by atoms with Crippen LogP contribution in [0.2, 0.25) is 0 Å². The van der Waals surface area contributed by atoms with E-state index in [2.05, 4.69) is 27.1 Å². The van der Waals surface area contributed by atoms with Gasteiger partial charge in [0.05, 0.1) is 24.3 Å². The Kier molecular flexibility index (Phi) is 7.63. The van der Waals surface area contributed by atoms with Crippen LogP contribution in [-0.4, -0.2) is 50.2 Å². The second-order valence-corrected chi connectivity index (χ2v) is 8.61. The maximum atomic E-state index is 13.1. The van der Waals surface area contributed by atoms with E-state index in [4.69, 9.17) is 15.5 Å². The predicted octanol–water partition coefficient (Wildman–Crippen LogP) is 4.20. The van der Waals surface area contributed by atoms with Crippen LogP contribution in [0.4, 0.5) is 24.8 Å². The number of amides is 2. The number of carbonyl (C=O) groups is 2. The quantitative estimate of drug-likeness (QED) is 0.344. The first-order valence-electron chi connectivity index (χ1n) is 11.8. The number of pyridine rings is 1. The average Bonchev–Trinajstić information content (AvgIpc) is 3.32. The third-order valence-corrected chi connectivity index (χ3v) is 6.17. The number of carbonyl (C=O) groups excluding carboxylic acids is 2. The van der Waals surface area contributed by atoms with Crippen molar-refractivity contribution in [1.82, 2.24) is 24.3 Å². The number of methoxy groups -OCH3 is 1. The number of rotatable bonds is 6. The molecule has 0 spiro atoms. The van der Waals surface area contributed by atoms with Crippen molar-refractivity contribution in [2.45, 2.75) is 26.1 Å². The molecule has 4 rings (SSSR count). The van der Waals surface area contributed by atoms with Crippen LogP contribution < -0.4 is 15.8 Å². The molecule has 13 heteroatoms. The summed E-state index contributed by atoms with van der Waals surface area (Å²) in [5.41, 5.74) is 6.72. The number of nitrogens with one attached hydrogen (secondary N) is 1. The third kappa shape index (κ3) is 5.37. The summed E-state index contributed by atoms with van der Waals surface area (Å²) < 4.78 is 46.3. The Labute approximate surface area is 227 Å². The van der Waals surface area contributed by atoms with Gasteiger partial charge in [0.1, 0.15) is 34.4 Å². The molecule has 0 aliphatic rings. The van der Waals surface area contributed by atoms with Crippen LogP contribution in [-0.2, 0) is 11.0 Å². The van der Waals surface area contributed by atoms with Gasteiger partial charge in [-0.1, -0.05) is 12.0 Å². The summed E-state index contributed by atoms with van der Waals surface area (Å²) in [4.78, 5) is 39.5. The van der Waals surface area contributed by atoms with Crippen LogP contribution in [0.5, 0.6) is 5.75 Å². The third-order valence-electron chi connectivity index (χ3n) is 6.17. The highest BCUT2D eigenvalue weighted by molar-refractivity contribution is 6.06. The summed E-state index contributed by atoms with van der Waals surface area (Å²) >= 11 is 0. The van der Waals surface area contributed by atoms with Crippen LogP contribution in [0.1, 0.15) is 41.6 Å². The predicted molar refractivity (Wildman–Crippen MR) is 141 cm³/mol. The molecule has 0 bridgehead atoms. The number of aromatic nitrogens is 4. The molecule has 3 aromatic heterocycles. The molecule has 0 saturated heterocycles. The zero-order chi connectivity index (χ0) is 29.2. The molecule has 206 valence electrons. The number of benzene rings is 1. The van der Waals surface area contributed by atoms with Crippen molar-refractivity contribution in [1.29, 1.82) is 0 Å². The molecule has 1 aromatic carbocycles. The number of ether oxygens (including phenoxy) is 1. The van der Waals surface area contributed by atoms with Crippen molar-refractivity contribution in [2.75, 3.05) is 25.2 Å². The number of anilines is 2. The lowest BCUT2D eigenvalue weighted by atomic mass is 10.1. The van der Waals surface area contributed by atoms with Crippen molar-refractivity contribution in [3.63, 3.8) is 0 Å². The minimum absolute atomic E-state index is 0.0529. The van der Waals surface area contributed by atoms with Crippen LogP contribution in [0.15, 0.2) is 48.9 Å². The molecular formula is C27H24F3N7O3. The number of hydrogen-bond acceptors (Lipinski definition) is 7. The molecule has 40 heavy (non-hydrogen) atoms. The monoisotopic (exact) mass is 551 g/mol. The topological polar surface area (TPSA) is 128 Å². The largest absolute Gasteiger partial charge is 0.496 e. The highest BCUT2D eigenvalue weighted by atomic mass is 19.4. The fraction of sp³-hybridized carbons (Fsp3) is 0.222. The van der Waals surface area contributed by atoms with Crippen molar-refractivity contribution in [2.24, 2.45) is 0 Å². The molecular weight excluding hydrogens is 527 g/mol. The van der Waals surface area contributed by atoms with E-state index in [0.29, 0.717) is 22.6 Å². The van der Waals surface area contributed by atoms with E-state index in [9.17, 15) is 22.8 Å². The summed E-state index contributed by atoms with van der Waals surface area (Å²) in [6.45, 7) is 3.36. The van der Waals surface area contributed by atoms with E-state index < -0.39 is 23.7 Å². The van der Waals surface area contributed by atoms with E-state index in [0.717, 1.165) is 18.3 Å². The number of alkyl halides is 3. The molecule has 10 nitrogen and oxygen atoms in total. The standard InChI is InChI=1S/C27H24F3N7O3/c1-5-6-21(38)36(3)15(2)25-35-22(23-24(31)33-11-12-37(23)25)16-7-8-18(19(13-16)40-4)26(39)34-20-14-17(9-10-32-20)27(28,29)30/h7-15H,1-4H3,(H2,31,33)(H,32,34,39). The smallest absolute Gasteiger partial charge is 0.416 e. The lowest BCUT2D eigenvalue weighted by molar-refractivity contribution is -0.137. The van der Waals surface area contributed by atoms with Gasteiger partial charge in [-0.05, 0) is 44.0 Å². The molecule has 3 heterocycles. The molecule has 2 amide bonds. The Morgan fingerprint density at radius 3 is 2.60 bits per heavy atom. The van der Waals surface area contributed by atoms with Gasteiger partial charge in [0.25, 0.3) is 11.8 Å². The Balaban J connectivity index is 1.73. The number of imidazole rings is 1. The summed E-state index contributed by atoms with van der Waals surface area (Å²) in [7, 11) is 2.96. The summed E-state index contributed by atoms with van der Waals surface area (Å²) in [6, 6.07) is 5.64. The highest BCUT2D eigenvalue weighted by Gasteiger charge is 2.31. The van der Waals surface area contributed by atoms with Crippen LogP contribution in [0.3, 0.4) is 0 Å². The second-order valence-electron chi connectivity index (χ2n) is 8.61. The molecule has 0 aliphatic carbocycles. The van der Waals surface area contributed by atoms with Gasteiger partial charge in [0, 0.05) is 31.2 Å². The minimum Gasteiger partial charge on any atom is -0.496 e. The van der Waals surface area contributed by atoms with Gasteiger partial charge in [0.2, 0.25) is 0 Å². The summed E-state index contributed by atoms with van der Waals surface area (Å²) in [5.74, 6) is 4.51. The van der Waals surface area contributed by atoms with Gasteiger partial charge in [-0.2, -0.15) is 13.2 Å². The molecule has 3 N–H and O–H groups in total. The maximum absolute atomic E-state index is 13.1. The Bertz CT molecular complexity index is 1670. The zero-order valence-electron chi connectivity index (χ0n) is 21.9. The number of nitrogens with two attached hydrogens (primary N) is 1. The number of nitrogen functional groups attached to an aromatic ring is 1. The molecule has 4 aromatic rings. The van der Waals surface area contributed by atoms with Crippen LogP contribution in [0, 0.1) is 11.8 Å². The van der Waals surface area contributed by atoms with Crippen LogP contribution >= 0.6 is 0 Å².